The first-order valence-corrected chi connectivity index (χ1v) is 8.63. The van der Waals surface area contributed by atoms with Crippen molar-refractivity contribution < 1.29 is 14.0 Å². The Morgan fingerprint density at radius 3 is 2.20 bits per heavy atom. The van der Waals surface area contributed by atoms with Crippen molar-refractivity contribution in [3.05, 3.63) is 54.1 Å². The highest BCUT2D eigenvalue weighted by molar-refractivity contribution is 6.62. The zero-order valence-electron chi connectivity index (χ0n) is 15.6. The Bertz CT molecular complexity index is 712. The minimum atomic E-state index is -0.328. The molecule has 1 fully saturated rings. The van der Waals surface area contributed by atoms with E-state index in [1.807, 2.05) is 30.3 Å². The predicted octanol–water partition coefficient (Wildman–Crippen LogP) is 3.61. The summed E-state index contributed by atoms with van der Waals surface area (Å²) >= 11 is 0. The molecule has 0 atom stereocenters. The van der Waals surface area contributed by atoms with Crippen LogP contribution < -0.4 is 15.5 Å². The molecule has 0 unspecified atom stereocenters. The van der Waals surface area contributed by atoms with Gasteiger partial charge in [0.05, 0.1) is 18.3 Å². The van der Waals surface area contributed by atoms with E-state index >= 15 is 0 Å². The zero-order chi connectivity index (χ0) is 18.1. The Morgan fingerprint density at radius 1 is 0.960 bits per heavy atom. The molecule has 1 N–H and O–H groups in total. The van der Waals surface area contributed by atoms with Crippen molar-refractivity contribution in [3.8, 4) is 5.75 Å². The van der Waals surface area contributed by atoms with Gasteiger partial charge in [0.25, 0.3) is 0 Å². The topological polar surface area (TPSA) is 39.7 Å². The van der Waals surface area contributed by atoms with Gasteiger partial charge < -0.3 is 19.4 Å². The van der Waals surface area contributed by atoms with E-state index in [4.69, 9.17) is 14.0 Å². The molecule has 1 aliphatic rings. The fourth-order valence-electron chi connectivity index (χ4n) is 2.74. The molecule has 4 nitrogen and oxygen atoms in total. The van der Waals surface area contributed by atoms with E-state index < -0.39 is 0 Å². The number of nitrogens with one attached hydrogen (secondary N) is 1. The van der Waals surface area contributed by atoms with Crippen LogP contribution >= 0.6 is 0 Å². The highest BCUT2D eigenvalue weighted by atomic mass is 16.7. The molecule has 0 amide bonds. The zero-order valence-corrected chi connectivity index (χ0v) is 15.6. The number of rotatable bonds is 5. The van der Waals surface area contributed by atoms with Gasteiger partial charge in [-0.05, 0) is 63.0 Å². The summed E-state index contributed by atoms with van der Waals surface area (Å²) in [6.07, 6.45) is 0. The fourth-order valence-corrected chi connectivity index (χ4v) is 2.74. The van der Waals surface area contributed by atoms with Crippen molar-refractivity contribution in [2.75, 3.05) is 12.4 Å². The monoisotopic (exact) mass is 339 g/mol. The first kappa shape index (κ1) is 17.8. The lowest BCUT2D eigenvalue weighted by Gasteiger charge is -2.32. The van der Waals surface area contributed by atoms with E-state index in [-0.39, 0.29) is 18.3 Å². The maximum Gasteiger partial charge on any atom is 0.494 e. The maximum atomic E-state index is 6.14. The fraction of sp³-hybridized carbons (Fsp3) is 0.400. The van der Waals surface area contributed by atoms with Crippen LogP contribution in [0.15, 0.2) is 48.5 Å². The lowest BCUT2D eigenvalue weighted by Crippen LogP contribution is -2.41. The summed E-state index contributed by atoms with van der Waals surface area (Å²) in [6.45, 7) is 9.02. The van der Waals surface area contributed by atoms with Crippen molar-refractivity contribution in [2.45, 2.75) is 45.4 Å². The van der Waals surface area contributed by atoms with Gasteiger partial charge in [-0.15, -0.1) is 0 Å². The number of benzene rings is 2. The summed E-state index contributed by atoms with van der Waals surface area (Å²) < 4.78 is 17.5. The van der Waals surface area contributed by atoms with Gasteiger partial charge in [0.1, 0.15) is 5.75 Å². The van der Waals surface area contributed by atoms with E-state index in [1.165, 1.54) is 5.56 Å². The third-order valence-electron chi connectivity index (χ3n) is 5.06. The van der Waals surface area contributed by atoms with Crippen LogP contribution in [0.2, 0.25) is 0 Å². The SMILES string of the molecule is COc1ccc(NCc2cccc(B3OC(C)(C)C(C)(C)O3)c2)cc1. The molecule has 1 aliphatic heterocycles. The number of hydrogen-bond donors (Lipinski definition) is 1. The summed E-state index contributed by atoms with van der Waals surface area (Å²) in [6, 6.07) is 16.3. The van der Waals surface area contributed by atoms with Crippen LogP contribution in [0, 0.1) is 0 Å². The number of anilines is 1. The maximum absolute atomic E-state index is 6.14. The number of methoxy groups -OCH3 is 1. The van der Waals surface area contributed by atoms with Crippen molar-refractivity contribution in [3.63, 3.8) is 0 Å². The van der Waals surface area contributed by atoms with Crippen LogP contribution in [-0.2, 0) is 15.9 Å². The molecular weight excluding hydrogens is 313 g/mol. The van der Waals surface area contributed by atoms with Gasteiger partial charge in [0.2, 0.25) is 0 Å². The standard InChI is InChI=1S/C20H26BNO3/c1-19(2)20(3,4)25-21(24-19)16-8-6-7-15(13-16)14-22-17-9-11-18(23-5)12-10-17/h6-13,22H,14H2,1-5H3. The van der Waals surface area contributed by atoms with Gasteiger partial charge >= 0.3 is 7.12 Å². The van der Waals surface area contributed by atoms with Crippen LogP contribution in [0.1, 0.15) is 33.3 Å². The largest absolute Gasteiger partial charge is 0.497 e. The average molecular weight is 339 g/mol. The quantitative estimate of drug-likeness (QED) is 0.845. The van der Waals surface area contributed by atoms with Crippen LogP contribution in [0.4, 0.5) is 5.69 Å². The Hall–Kier alpha value is -1.98. The predicted molar refractivity (Wildman–Crippen MR) is 102 cm³/mol. The Morgan fingerprint density at radius 2 is 1.60 bits per heavy atom. The minimum absolute atomic E-state index is 0.324. The molecule has 5 heteroatoms. The molecule has 0 aromatic heterocycles. The third-order valence-corrected chi connectivity index (χ3v) is 5.06. The molecule has 0 saturated carbocycles. The summed E-state index contributed by atoms with van der Waals surface area (Å²) in [4.78, 5) is 0. The average Bonchev–Trinajstić information content (AvgIpc) is 2.81. The van der Waals surface area contributed by atoms with E-state index in [9.17, 15) is 0 Å². The van der Waals surface area contributed by atoms with Gasteiger partial charge in [-0.1, -0.05) is 24.3 Å². The molecule has 132 valence electrons. The Balaban J connectivity index is 1.67. The second-order valence-electron chi connectivity index (χ2n) is 7.42. The molecule has 2 aromatic rings. The lowest BCUT2D eigenvalue weighted by molar-refractivity contribution is 0.00578. The van der Waals surface area contributed by atoms with Gasteiger partial charge in [-0.2, -0.15) is 0 Å². The molecule has 2 aromatic carbocycles. The van der Waals surface area contributed by atoms with Crippen LogP contribution in [-0.4, -0.2) is 25.4 Å². The van der Waals surface area contributed by atoms with E-state index in [1.54, 1.807) is 7.11 Å². The van der Waals surface area contributed by atoms with E-state index in [0.717, 1.165) is 23.4 Å². The molecule has 1 saturated heterocycles. The summed E-state index contributed by atoms with van der Waals surface area (Å²) in [5, 5.41) is 3.43. The second kappa shape index (κ2) is 6.73. The van der Waals surface area contributed by atoms with Gasteiger partial charge in [0.15, 0.2) is 0 Å². The number of hydrogen-bond acceptors (Lipinski definition) is 4. The first-order chi connectivity index (χ1) is 11.8. The molecule has 3 rings (SSSR count). The minimum Gasteiger partial charge on any atom is -0.497 e. The van der Waals surface area contributed by atoms with Gasteiger partial charge in [-0.3, -0.25) is 0 Å². The first-order valence-electron chi connectivity index (χ1n) is 8.63. The normalized spacial score (nSPS) is 18.2. The highest BCUT2D eigenvalue weighted by Gasteiger charge is 2.51. The van der Waals surface area contributed by atoms with Crippen LogP contribution in [0.5, 0.6) is 5.75 Å². The molecule has 0 spiro atoms. The van der Waals surface area contributed by atoms with Crippen molar-refractivity contribution >= 4 is 18.3 Å². The molecule has 0 radical (unpaired) electrons. The van der Waals surface area contributed by atoms with Crippen LogP contribution in [0.25, 0.3) is 0 Å². The second-order valence-corrected chi connectivity index (χ2v) is 7.42. The molecular formula is C20H26BNO3. The number of ether oxygens (including phenoxy) is 1. The van der Waals surface area contributed by atoms with Gasteiger partial charge in [-0.25, -0.2) is 0 Å². The van der Waals surface area contributed by atoms with E-state index in [0.29, 0.717) is 0 Å². The van der Waals surface area contributed by atoms with E-state index in [2.05, 4.69) is 51.2 Å². The summed E-state index contributed by atoms with van der Waals surface area (Å²) in [5.41, 5.74) is 2.64. The van der Waals surface area contributed by atoms with Crippen molar-refractivity contribution in [1.29, 1.82) is 0 Å². The lowest BCUT2D eigenvalue weighted by atomic mass is 9.78. The Kier molecular flexibility index (Phi) is 4.80. The van der Waals surface area contributed by atoms with Crippen molar-refractivity contribution in [2.24, 2.45) is 0 Å². The van der Waals surface area contributed by atoms with Crippen molar-refractivity contribution in [1.82, 2.24) is 0 Å². The molecule has 0 bridgehead atoms. The smallest absolute Gasteiger partial charge is 0.494 e. The van der Waals surface area contributed by atoms with Gasteiger partial charge in [0, 0.05) is 12.2 Å². The molecule has 25 heavy (non-hydrogen) atoms. The molecule has 1 heterocycles. The summed E-state index contributed by atoms with van der Waals surface area (Å²) in [7, 11) is 1.34. The summed E-state index contributed by atoms with van der Waals surface area (Å²) in [5.74, 6) is 0.855. The third kappa shape index (κ3) is 3.83. The molecule has 0 aliphatic carbocycles. The highest BCUT2D eigenvalue weighted by Crippen LogP contribution is 2.36. The van der Waals surface area contributed by atoms with Crippen LogP contribution in [0.3, 0.4) is 0 Å². The Labute approximate surface area is 150 Å².